The summed E-state index contributed by atoms with van der Waals surface area (Å²) in [6, 6.07) is 12.8. The summed E-state index contributed by atoms with van der Waals surface area (Å²) in [6.07, 6.45) is 5.51. The quantitative estimate of drug-likeness (QED) is 0.156. The van der Waals surface area contributed by atoms with Crippen LogP contribution in [-0.2, 0) is 0 Å². The smallest absolute Gasteiger partial charge is 0.178 e. The van der Waals surface area contributed by atoms with Gasteiger partial charge in [-0.15, -0.1) is 0 Å². The van der Waals surface area contributed by atoms with Crippen LogP contribution in [-0.4, -0.2) is 25.6 Å². The van der Waals surface area contributed by atoms with Crippen LogP contribution in [0.15, 0.2) is 79.4 Å². The van der Waals surface area contributed by atoms with Crippen LogP contribution >= 0.6 is 0 Å². The highest BCUT2D eigenvalue weighted by atomic mass is 19.1. The molecule has 37 heavy (non-hydrogen) atoms. The number of imidazole rings is 1. The number of nitrogens with one attached hydrogen (secondary N) is 3. The molecule has 0 atom stereocenters. The van der Waals surface area contributed by atoms with E-state index in [1.807, 2.05) is 13.0 Å². The fourth-order valence-corrected chi connectivity index (χ4v) is 4.01. The molecule has 0 aliphatic carbocycles. The summed E-state index contributed by atoms with van der Waals surface area (Å²) in [5, 5.41) is 12.0. The third kappa shape index (κ3) is 4.54. The second-order valence-electron chi connectivity index (χ2n) is 8.46. The number of anilines is 2. The molecule has 184 valence electrons. The average molecular weight is 496 g/mol. The van der Waals surface area contributed by atoms with Crippen LogP contribution < -0.4 is 11.1 Å². The van der Waals surface area contributed by atoms with Crippen molar-refractivity contribution in [1.82, 2.24) is 19.9 Å². The molecule has 5 N–H and O–H groups in total. The lowest BCUT2D eigenvalue weighted by atomic mass is 9.99. The molecule has 0 radical (unpaired) electrons. The van der Waals surface area contributed by atoms with Gasteiger partial charge in [-0.1, -0.05) is 31.7 Å². The second-order valence-corrected chi connectivity index (χ2v) is 8.46. The number of nitrogens with two attached hydrogens (primary N) is 1. The van der Waals surface area contributed by atoms with Gasteiger partial charge in [0.2, 0.25) is 0 Å². The maximum absolute atomic E-state index is 14.9. The van der Waals surface area contributed by atoms with Crippen molar-refractivity contribution in [3.05, 3.63) is 102 Å². The van der Waals surface area contributed by atoms with Gasteiger partial charge in [0.1, 0.15) is 17.3 Å². The normalized spacial score (nSPS) is 11.0. The first-order valence-electron chi connectivity index (χ1n) is 11.5. The summed E-state index contributed by atoms with van der Waals surface area (Å²) >= 11 is 0. The maximum Gasteiger partial charge on any atom is 0.178 e. The molecule has 5 rings (SSSR count). The molecular formula is C28H23F2N7. The molecule has 0 spiro atoms. The summed E-state index contributed by atoms with van der Waals surface area (Å²) in [5.41, 5.74) is 10.2. The van der Waals surface area contributed by atoms with Crippen LogP contribution in [0.1, 0.15) is 24.7 Å². The number of rotatable bonds is 7. The van der Waals surface area contributed by atoms with Crippen molar-refractivity contribution in [2.75, 3.05) is 11.1 Å². The Bertz CT molecular complexity index is 1670. The Kier molecular flexibility index (Phi) is 6.19. The van der Waals surface area contributed by atoms with Crippen LogP contribution in [0.3, 0.4) is 0 Å². The topological polar surface area (TPSA) is 116 Å². The number of H-pyrrole nitrogens is 1. The van der Waals surface area contributed by atoms with Gasteiger partial charge in [-0.2, -0.15) is 0 Å². The molecule has 3 aromatic heterocycles. The van der Waals surface area contributed by atoms with Gasteiger partial charge in [0.05, 0.1) is 23.1 Å². The maximum atomic E-state index is 14.9. The van der Waals surface area contributed by atoms with Gasteiger partial charge in [0, 0.05) is 40.3 Å². The number of halogens is 2. The number of hydrogen-bond donors (Lipinski definition) is 4. The molecule has 0 bridgehead atoms. The van der Waals surface area contributed by atoms with Gasteiger partial charge in [0.25, 0.3) is 0 Å². The van der Waals surface area contributed by atoms with E-state index in [9.17, 15) is 8.78 Å². The Morgan fingerprint density at radius 3 is 2.65 bits per heavy atom. The lowest BCUT2D eigenvalue weighted by Gasteiger charge is -2.12. The van der Waals surface area contributed by atoms with Gasteiger partial charge in [-0.05, 0) is 42.3 Å². The van der Waals surface area contributed by atoms with E-state index >= 15 is 0 Å². The van der Waals surface area contributed by atoms with Gasteiger partial charge in [0.15, 0.2) is 11.5 Å². The molecule has 0 aliphatic rings. The van der Waals surface area contributed by atoms with Crippen molar-refractivity contribution in [3.63, 3.8) is 0 Å². The van der Waals surface area contributed by atoms with Crippen LogP contribution in [0.25, 0.3) is 33.4 Å². The SMILES string of the molecule is C=C(CC)Nc1cncc(-c2cc(F)c(N)c(C(=N)c3nc4nccc(-c5ccccc5F)c4[nH]3)c2)c1. The number of fused-ring (bicyclic) bond motifs is 1. The third-order valence-electron chi connectivity index (χ3n) is 6.01. The van der Waals surface area contributed by atoms with Gasteiger partial charge in [-0.25, -0.2) is 18.7 Å². The molecule has 0 amide bonds. The number of benzene rings is 2. The van der Waals surface area contributed by atoms with Gasteiger partial charge < -0.3 is 16.0 Å². The zero-order valence-electron chi connectivity index (χ0n) is 19.9. The monoisotopic (exact) mass is 495 g/mol. The highest BCUT2D eigenvalue weighted by Gasteiger charge is 2.20. The molecule has 0 saturated heterocycles. The summed E-state index contributed by atoms with van der Waals surface area (Å²) in [5.74, 6) is -0.940. The molecule has 2 aromatic carbocycles. The molecule has 9 heteroatoms. The average Bonchev–Trinajstić information content (AvgIpc) is 3.35. The Morgan fingerprint density at radius 1 is 1.05 bits per heavy atom. The lowest BCUT2D eigenvalue weighted by Crippen LogP contribution is -2.09. The summed E-state index contributed by atoms with van der Waals surface area (Å²) in [7, 11) is 0. The van der Waals surface area contributed by atoms with Gasteiger partial charge >= 0.3 is 0 Å². The molecular weight excluding hydrogens is 472 g/mol. The molecule has 5 aromatic rings. The molecule has 3 heterocycles. The fourth-order valence-electron chi connectivity index (χ4n) is 4.01. The number of aromatic amines is 1. The van der Waals surface area contributed by atoms with Crippen LogP contribution in [0.2, 0.25) is 0 Å². The Hall–Kier alpha value is -4.92. The number of pyridine rings is 2. The number of allylic oxidation sites excluding steroid dienone is 1. The van der Waals surface area contributed by atoms with Crippen molar-refractivity contribution < 1.29 is 8.78 Å². The molecule has 7 nitrogen and oxygen atoms in total. The van der Waals surface area contributed by atoms with Crippen molar-refractivity contribution in [1.29, 1.82) is 5.41 Å². The Labute approximate surface area is 211 Å². The fraction of sp³-hybridized carbons (Fsp3) is 0.0714. The standard InChI is InChI=1S/C28H23F2N7/c1-3-15(2)35-18-10-17(13-33-14-18)16-11-21(24(31)23(30)12-16)25(32)27-36-26-20(8-9-34-28(26)37-27)19-6-4-5-7-22(19)29/h4-14,32,35H,2-3,31H2,1H3,(H,34,36,37). The first kappa shape index (κ1) is 23.8. The first-order chi connectivity index (χ1) is 17.9. The molecule has 0 unspecified atom stereocenters. The van der Waals surface area contributed by atoms with Crippen LogP contribution in [0.5, 0.6) is 0 Å². The predicted octanol–water partition coefficient (Wildman–Crippen LogP) is 6.30. The Morgan fingerprint density at radius 2 is 1.86 bits per heavy atom. The second kappa shape index (κ2) is 9.62. The minimum absolute atomic E-state index is 0.127. The van der Waals surface area contributed by atoms with E-state index in [0.717, 1.165) is 12.1 Å². The van der Waals surface area contributed by atoms with Gasteiger partial charge in [-0.3, -0.25) is 10.4 Å². The predicted molar refractivity (Wildman–Crippen MR) is 142 cm³/mol. The minimum Gasteiger partial charge on any atom is -0.396 e. The van der Waals surface area contributed by atoms with E-state index in [-0.39, 0.29) is 22.8 Å². The van der Waals surface area contributed by atoms with Crippen molar-refractivity contribution >= 4 is 28.3 Å². The van der Waals surface area contributed by atoms with Crippen molar-refractivity contribution in [2.45, 2.75) is 13.3 Å². The van der Waals surface area contributed by atoms with Crippen LogP contribution in [0.4, 0.5) is 20.2 Å². The number of nitrogens with zero attached hydrogens (tertiary/aromatic N) is 3. The van der Waals surface area contributed by atoms with E-state index in [0.29, 0.717) is 39.1 Å². The third-order valence-corrected chi connectivity index (χ3v) is 6.01. The minimum atomic E-state index is -0.671. The molecule has 0 fully saturated rings. The van der Waals surface area contributed by atoms with E-state index in [1.54, 1.807) is 42.7 Å². The van der Waals surface area contributed by atoms with Crippen molar-refractivity contribution in [2.24, 2.45) is 0 Å². The van der Waals surface area contributed by atoms with E-state index in [1.165, 1.54) is 18.3 Å². The van der Waals surface area contributed by atoms with E-state index < -0.39 is 11.6 Å². The zero-order valence-corrected chi connectivity index (χ0v) is 19.9. The highest BCUT2D eigenvalue weighted by Crippen LogP contribution is 2.31. The number of hydrogen-bond acceptors (Lipinski definition) is 6. The number of aromatic nitrogens is 4. The summed E-state index contributed by atoms with van der Waals surface area (Å²) in [4.78, 5) is 16.0. The zero-order chi connectivity index (χ0) is 26.1. The lowest BCUT2D eigenvalue weighted by molar-refractivity contribution is 0.631. The summed E-state index contributed by atoms with van der Waals surface area (Å²) < 4.78 is 29.4. The summed E-state index contributed by atoms with van der Waals surface area (Å²) in [6.45, 7) is 5.91. The van der Waals surface area contributed by atoms with Crippen molar-refractivity contribution in [3.8, 4) is 22.3 Å². The molecule has 0 saturated carbocycles. The van der Waals surface area contributed by atoms with E-state index in [4.69, 9.17) is 11.1 Å². The Balaban J connectivity index is 1.56. The largest absolute Gasteiger partial charge is 0.396 e. The first-order valence-corrected chi connectivity index (χ1v) is 11.5. The highest BCUT2D eigenvalue weighted by molar-refractivity contribution is 6.13. The van der Waals surface area contributed by atoms with E-state index in [2.05, 4.69) is 31.8 Å². The number of nitrogen functional groups attached to an aromatic ring is 1. The molecule has 0 aliphatic heterocycles. The van der Waals surface area contributed by atoms with Crippen LogP contribution in [0, 0.1) is 17.0 Å².